The first-order valence-corrected chi connectivity index (χ1v) is 7.03. The third-order valence-corrected chi connectivity index (χ3v) is 4.20. The lowest BCUT2D eigenvalue weighted by molar-refractivity contribution is 0.143. The molecule has 0 bridgehead atoms. The van der Waals surface area contributed by atoms with Crippen molar-refractivity contribution in [2.45, 2.75) is 45.2 Å². The van der Waals surface area contributed by atoms with E-state index in [4.69, 9.17) is 4.74 Å². The number of rotatable bonds is 6. The topological polar surface area (TPSA) is 41.5 Å². The van der Waals surface area contributed by atoms with Crippen LogP contribution in [0.1, 0.15) is 43.9 Å². The zero-order valence-corrected chi connectivity index (χ0v) is 12.4. The highest BCUT2D eigenvalue weighted by Gasteiger charge is 2.41. The Morgan fingerprint density at radius 2 is 2.16 bits per heavy atom. The van der Waals surface area contributed by atoms with Crippen LogP contribution in [0.3, 0.4) is 0 Å². The fraction of sp³-hybridized carbons (Fsp3) is 0.625. The van der Waals surface area contributed by atoms with Gasteiger partial charge in [0.25, 0.3) is 0 Å². The SMILES string of the molecule is COc1ccc(C)cc1C(C)NC(C)(CO)C1CC1. The minimum atomic E-state index is -0.186. The van der Waals surface area contributed by atoms with Crippen molar-refractivity contribution in [2.75, 3.05) is 13.7 Å². The molecule has 106 valence electrons. The summed E-state index contributed by atoms with van der Waals surface area (Å²) in [4.78, 5) is 0. The first-order chi connectivity index (χ1) is 9.00. The van der Waals surface area contributed by atoms with Crippen molar-refractivity contribution in [1.29, 1.82) is 0 Å². The van der Waals surface area contributed by atoms with Crippen molar-refractivity contribution in [3.63, 3.8) is 0 Å². The van der Waals surface area contributed by atoms with Crippen LogP contribution in [0.5, 0.6) is 5.75 Å². The van der Waals surface area contributed by atoms with Gasteiger partial charge in [0.1, 0.15) is 5.75 Å². The van der Waals surface area contributed by atoms with Crippen LogP contribution >= 0.6 is 0 Å². The Bertz CT molecular complexity index is 442. The fourth-order valence-electron chi connectivity index (χ4n) is 2.78. The molecule has 3 heteroatoms. The molecule has 0 radical (unpaired) electrons. The van der Waals surface area contributed by atoms with Gasteiger partial charge in [-0.3, -0.25) is 0 Å². The van der Waals surface area contributed by atoms with Gasteiger partial charge < -0.3 is 15.2 Å². The summed E-state index contributed by atoms with van der Waals surface area (Å²) in [7, 11) is 1.70. The monoisotopic (exact) mass is 263 g/mol. The van der Waals surface area contributed by atoms with Gasteiger partial charge in [0, 0.05) is 17.1 Å². The number of hydrogen-bond donors (Lipinski definition) is 2. The maximum atomic E-state index is 9.68. The molecule has 1 aromatic rings. The molecule has 0 heterocycles. The Morgan fingerprint density at radius 1 is 1.47 bits per heavy atom. The number of aliphatic hydroxyl groups excluding tert-OH is 1. The highest BCUT2D eigenvalue weighted by molar-refractivity contribution is 5.39. The van der Waals surface area contributed by atoms with E-state index in [1.54, 1.807) is 7.11 Å². The van der Waals surface area contributed by atoms with Gasteiger partial charge in [-0.2, -0.15) is 0 Å². The van der Waals surface area contributed by atoms with Crippen molar-refractivity contribution in [1.82, 2.24) is 5.32 Å². The quantitative estimate of drug-likeness (QED) is 0.829. The number of nitrogens with one attached hydrogen (secondary N) is 1. The van der Waals surface area contributed by atoms with E-state index in [0.717, 1.165) is 11.3 Å². The van der Waals surface area contributed by atoms with Gasteiger partial charge in [0.05, 0.1) is 13.7 Å². The van der Waals surface area contributed by atoms with Gasteiger partial charge in [-0.05, 0) is 45.6 Å². The Labute approximate surface area is 116 Å². The van der Waals surface area contributed by atoms with Gasteiger partial charge in [-0.15, -0.1) is 0 Å². The van der Waals surface area contributed by atoms with E-state index in [1.165, 1.54) is 18.4 Å². The summed E-state index contributed by atoms with van der Waals surface area (Å²) in [5.41, 5.74) is 2.19. The van der Waals surface area contributed by atoms with E-state index in [0.29, 0.717) is 5.92 Å². The number of ether oxygens (including phenoxy) is 1. The van der Waals surface area contributed by atoms with E-state index in [1.807, 2.05) is 6.07 Å². The van der Waals surface area contributed by atoms with Crippen LogP contribution in [-0.4, -0.2) is 24.4 Å². The van der Waals surface area contributed by atoms with Crippen LogP contribution in [-0.2, 0) is 0 Å². The predicted octanol–water partition coefficient (Wildman–Crippen LogP) is 2.82. The van der Waals surface area contributed by atoms with Gasteiger partial charge in [0.2, 0.25) is 0 Å². The van der Waals surface area contributed by atoms with Crippen LogP contribution in [0.4, 0.5) is 0 Å². The molecule has 1 aromatic carbocycles. The molecule has 3 nitrogen and oxygen atoms in total. The molecule has 0 spiro atoms. The number of benzene rings is 1. The normalized spacial score (nSPS) is 19.8. The minimum Gasteiger partial charge on any atom is -0.496 e. The Morgan fingerprint density at radius 3 is 2.68 bits per heavy atom. The van der Waals surface area contributed by atoms with Gasteiger partial charge in [-0.1, -0.05) is 17.7 Å². The third kappa shape index (κ3) is 3.10. The Kier molecular flexibility index (Phi) is 4.16. The highest BCUT2D eigenvalue weighted by atomic mass is 16.5. The summed E-state index contributed by atoms with van der Waals surface area (Å²) < 4.78 is 5.44. The molecular weight excluding hydrogens is 238 g/mol. The first kappa shape index (κ1) is 14.4. The fourth-order valence-corrected chi connectivity index (χ4v) is 2.78. The smallest absolute Gasteiger partial charge is 0.123 e. The predicted molar refractivity (Wildman–Crippen MR) is 77.5 cm³/mol. The van der Waals surface area contributed by atoms with E-state index in [-0.39, 0.29) is 18.2 Å². The van der Waals surface area contributed by atoms with Crippen molar-refractivity contribution in [3.05, 3.63) is 29.3 Å². The van der Waals surface area contributed by atoms with Crippen molar-refractivity contribution >= 4 is 0 Å². The maximum absolute atomic E-state index is 9.68. The molecule has 0 aromatic heterocycles. The number of methoxy groups -OCH3 is 1. The summed E-state index contributed by atoms with van der Waals surface area (Å²) in [6.45, 7) is 6.51. The molecule has 0 amide bonds. The lowest BCUT2D eigenvalue weighted by Crippen LogP contribution is -2.48. The van der Waals surface area contributed by atoms with Gasteiger partial charge in [-0.25, -0.2) is 0 Å². The largest absolute Gasteiger partial charge is 0.496 e. The second-order valence-electron chi connectivity index (χ2n) is 5.96. The summed E-state index contributed by atoms with van der Waals surface area (Å²) in [5, 5.41) is 13.3. The molecular formula is C16H25NO2. The molecule has 2 N–H and O–H groups in total. The second kappa shape index (κ2) is 5.51. The van der Waals surface area contributed by atoms with E-state index < -0.39 is 0 Å². The molecule has 1 fully saturated rings. The number of aliphatic hydroxyl groups is 1. The number of hydrogen-bond acceptors (Lipinski definition) is 3. The molecule has 2 rings (SSSR count). The first-order valence-electron chi connectivity index (χ1n) is 7.03. The standard InChI is InChI=1S/C16H25NO2/c1-11-5-8-15(19-4)14(9-11)12(2)17-16(3,10-18)13-6-7-13/h5,8-9,12-13,17-18H,6-7,10H2,1-4H3. The molecule has 1 aliphatic carbocycles. The van der Waals surface area contributed by atoms with Crippen molar-refractivity contribution in [3.8, 4) is 5.75 Å². The zero-order chi connectivity index (χ0) is 14.0. The minimum absolute atomic E-state index is 0.160. The Balaban J connectivity index is 2.19. The summed E-state index contributed by atoms with van der Waals surface area (Å²) in [6.07, 6.45) is 2.42. The van der Waals surface area contributed by atoms with Crippen LogP contribution in [0.2, 0.25) is 0 Å². The zero-order valence-electron chi connectivity index (χ0n) is 12.4. The van der Waals surface area contributed by atoms with Crippen molar-refractivity contribution < 1.29 is 9.84 Å². The molecule has 2 unspecified atom stereocenters. The average Bonchev–Trinajstić information content (AvgIpc) is 3.23. The van der Waals surface area contributed by atoms with Crippen molar-refractivity contribution in [2.24, 2.45) is 5.92 Å². The molecule has 0 aliphatic heterocycles. The summed E-state index contributed by atoms with van der Waals surface area (Å²) in [6, 6.07) is 6.38. The third-order valence-electron chi connectivity index (χ3n) is 4.20. The van der Waals surface area contributed by atoms with Crippen LogP contribution in [0, 0.1) is 12.8 Å². The molecule has 1 saturated carbocycles. The van der Waals surface area contributed by atoms with E-state index in [9.17, 15) is 5.11 Å². The van der Waals surface area contributed by atoms with Gasteiger partial charge >= 0.3 is 0 Å². The highest BCUT2D eigenvalue weighted by Crippen LogP contribution is 2.41. The average molecular weight is 263 g/mol. The van der Waals surface area contributed by atoms with E-state index >= 15 is 0 Å². The van der Waals surface area contributed by atoms with E-state index in [2.05, 4.69) is 38.2 Å². The lowest BCUT2D eigenvalue weighted by atomic mass is 9.93. The molecule has 2 atom stereocenters. The maximum Gasteiger partial charge on any atom is 0.123 e. The van der Waals surface area contributed by atoms with Crippen LogP contribution in [0.15, 0.2) is 18.2 Å². The summed E-state index contributed by atoms with van der Waals surface area (Å²) in [5.74, 6) is 1.50. The van der Waals surface area contributed by atoms with Gasteiger partial charge in [0.15, 0.2) is 0 Å². The Hall–Kier alpha value is -1.06. The molecule has 1 aliphatic rings. The molecule has 19 heavy (non-hydrogen) atoms. The second-order valence-corrected chi connectivity index (χ2v) is 5.96. The van der Waals surface area contributed by atoms with Crippen LogP contribution < -0.4 is 10.1 Å². The number of aryl methyl sites for hydroxylation is 1. The summed E-state index contributed by atoms with van der Waals surface area (Å²) >= 11 is 0. The van der Waals surface area contributed by atoms with Crippen LogP contribution in [0.25, 0.3) is 0 Å². The lowest BCUT2D eigenvalue weighted by Gasteiger charge is -2.33. The molecule has 0 saturated heterocycles.